The second kappa shape index (κ2) is 5.27. The van der Waals surface area contributed by atoms with Gasteiger partial charge in [-0.25, -0.2) is 12.7 Å². The van der Waals surface area contributed by atoms with Gasteiger partial charge in [-0.05, 0) is 32.2 Å². The predicted octanol–water partition coefficient (Wildman–Crippen LogP) is 0.656. The van der Waals surface area contributed by atoms with E-state index in [2.05, 4.69) is 19.2 Å². The molecular weight excluding hydrogens is 212 g/mol. The van der Waals surface area contributed by atoms with E-state index in [-0.39, 0.29) is 0 Å². The molecule has 1 heterocycles. The number of hydrogen-bond acceptors (Lipinski definition) is 3. The van der Waals surface area contributed by atoms with Gasteiger partial charge in [0.15, 0.2) is 0 Å². The summed E-state index contributed by atoms with van der Waals surface area (Å²) in [7, 11) is -2.97. The van der Waals surface area contributed by atoms with Gasteiger partial charge in [0.1, 0.15) is 0 Å². The van der Waals surface area contributed by atoms with Crippen LogP contribution in [-0.4, -0.2) is 44.7 Å². The van der Waals surface area contributed by atoms with Crippen LogP contribution in [0.15, 0.2) is 0 Å². The Kier molecular flexibility index (Phi) is 4.55. The molecule has 0 radical (unpaired) electrons. The van der Waals surface area contributed by atoms with Crippen LogP contribution in [0.1, 0.15) is 26.7 Å². The zero-order valence-electron chi connectivity index (χ0n) is 9.86. The molecule has 0 aromatic rings. The third-order valence-corrected chi connectivity index (χ3v) is 4.50. The van der Waals surface area contributed by atoms with Crippen LogP contribution in [0.2, 0.25) is 0 Å². The molecular formula is C10H22N2O2S. The van der Waals surface area contributed by atoms with E-state index in [0.717, 1.165) is 19.4 Å². The van der Waals surface area contributed by atoms with Gasteiger partial charge in [-0.2, -0.15) is 0 Å². The van der Waals surface area contributed by atoms with E-state index in [1.165, 1.54) is 6.26 Å². The van der Waals surface area contributed by atoms with Crippen molar-refractivity contribution in [3.8, 4) is 0 Å². The monoisotopic (exact) mass is 234 g/mol. The highest BCUT2D eigenvalue weighted by Crippen LogP contribution is 2.21. The second-order valence-electron chi connectivity index (χ2n) is 4.35. The molecule has 4 nitrogen and oxygen atoms in total. The van der Waals surface area contributed by atoms with E-state index in [1.807, 2.05) is 0 Å². The first-order chi connectivity index (χ1) is 6.95. The van der Waals surface area contributed by atoms with Crippen molar-refractivity contribution >= 4 is 10.0 Å². The van der Waals surface area contributed by atoms with Crippen molar-refractivity contribution in [2.45, 2.75) is 32.7 Å². The summed E-state index contributed by atoms with van der Waals surface area (Å²) in [5.41, 5.74) is 0. The standard InChI is InChI=1S/C10H22N2O2S/c1-4-11-9(2)10-5-7-12(8-6-10)15(3,13)14/h9-11H,4-8H2,1-3H3. The van der Waals surface area contributed by atoms with Gasteiger partial charge in [-0.1, -0.05) is 6.92 Å². The predicted molar refractivity (Wildman–Crippen MR) is 62.3 cm³/mol. The van der Waals surface area contributed by atoms with E-state index in [0.29, 0.717) is 25.0 Å². The van der Waals surface area contributed by atoms with Crippen molar-refractivity contribution in [1.29, 1.82) is 0 Å². The fourth-order valence-corrected chi connectivity index (χ4v) is 3.07. The highest BCUT2D eigenvalue weighted by atomic mass is 32.2. The van der Waals surface area contributed by atoms with Crippen LogP contribution in [0.25, 0.3) is 0 Å². The molecule has 90 valence electrons. The Morgan fingerprint density at radius 1 is 1.40 bits per heavy atom. The van der Waals surface area contributed by atoms with Gasteiger partial charge in [0, 0.05) is 19.1 Å². The number of hydrogen-bond donors (Lipinski definition) is 1. The highest BCUT2D eigenvalue weighted by molar-refractivity contribution is 7.88. The number of nitrogens with one attached hydrogen (secondary N) is 1. The first-order valence-electron chi connectivity index (χ1n) is 5.63. The molecule has 1 unspecified atom stereocenters. The highest BCUT2D eigenvalue weighted by Gasteiger charge is 2.27. The Labute approximate surface area is 93.1 Å². The van der Waals surface area contributed by atoms with Crippen LogP contribution in [0, 0.1) is 5.92 Å². The van der Waals surface area contributed by atoms with E-state index in [4.69, 9.17) is 0 Å². The molecule has 0 amide bonds. The van der Waals surface area contributed by atoms with Crippen LogP contribution in [0.5, 0.6) is 0 Å². The van der Waals surface area contributed by atoms with Crippen molar-refractivity contribution < 1.29 is 8.42 Å². The Balaban J connectivity index is 2.42. The lowest BCUT2D eigenvalue weighted by Crippen LogP contribution is -2.43. The van der Waals surface area contributed by atoms with Gasteiger partial charge < -0.3 is 5.32 Å². The van der Waals surface area contributed by atoms with Gasteiger partial charge in [0.05, 0.1) is 6.26 Å². The minimum Gasteiger partial charge on any atom is -0.314 e. The van der Waals surface area contributed by atoms with Gasteiger partial charge in [-0.15, -0.1) is 0 Å². The second-order valence-corrected chi connectivity index (χ2v) is 6.33. The first-order valence-corrected chi connectivity index (χ1v) is 7.48. The molecule has 1 atom stereocenters. The summed E-state index contributed by atoms with van der Waals surface area (Å²) < 4.78 is 24.2. The van der Waals surface area contributed by atoms with E-state index in [9.17, 15) is 8.42 Å². The minimum atomic E-state index is -2.97. The summed E-state index contributed by atoms with van der Waals surface area (Å²) in [4.78, 5) is 0. The van der Waals surface area contributed by atoms with Crippen molar-refractivity contribution in [2.24, 2.45) is 5.92 Å². The third kappa shape index (κ3) is 3.74. The molecule has 1 N–H and O–H groups in total. The fraction of sp³-hybridized carbons (Fsp3) is 1.00. The lowest BCUT2D eigenvalue weighted by Gasteiger charge is -2.33. The van der Waals surface area contributed by atoms with Crippen LogP contribution in [0.4, 0.5) is 0 Å². The Hall–Kier alpha value is -0.130. The molecule has 0 saturated carbocycles. The van der Waals surface area contributed by atoms with Crippen LogP contribution in [0.3, 0.4) is 0 Å². The molecule has 1 fully saturated rings. The zero-order chi connectivity index (χ0) is 11.5. The molecule has 0 aliphatic carbocycles. The van der Waals surface area contributed by atoms with Crippen LogP contribution >= 0.6 is 0 Å². The average Bonchev–Trinajstić information content (AvgIpc) is 2.17. The topological polar surface area (TPSA) is 49.4 Å². The first kappa shape index (κ1) is 12.9. The SMILES string of the molecule is CCNC(C)C1CCN(S(C)(=O)=O)CC1. The van der Waals surface area contributed by atoms with Crippen molar-refractivity contribution in [3.05, 3.63) is 0 Å². The van der Waals surface area contributed by atoms with Gasteiger partial charge in [0.25, 0.3) is 0 Å². The molecule has 1 aliphatic heterocycles. The molecule has 0 aromatic heterocycles. The molecule has 0 bridgehead atoms. The summed E-state index contributed by atoms with van der Waals surface area (Å²) >= 11 is 0. The summed E-state index contributed by atoms with van der Waals surface area (Å²) in [5, 5.41) is 3.40. The van der Waals surface area contributed by atoms with Gasteiger partial charge >= 0.3 is 0 Å². The Morgan fingerprint density at radius 3 is 2.33 bits per heavy atom. The lowest BCUT2D eigenvalue weighted by atomic mass is 9.91. The molecule has 15 heavy (non-hydrogen) atoms. The quantitative estimate of drug-likeness (QED) is 0.777. The molecule has 1 rings (SSSR count). The van der Waals surface area contributed by atoms with E-state index in [1.54, 1.807) is 4.31 Å². The zero-order valence-corrected chi connectivity index (χ0v) is 10.7. The number of piperidine rings is 1. The van der Waals surface area contributed by atoms with Crippen molar-refractivity contribution in [1.82, 2.24) is 9.62 Å². The Morgan fingerprint density at radius 2 is 1.93 bits per heavy atom. The molecule has 0 spiro atoms. The number of sulfonamides is 1. The average molecular weight is 234 g/mol. The van der Waals surface area contributed by atoms with E-state index < -0.39 is 10.0 Å². The van der Waals surface area contributed by atoms with Crippen LogP contribution in [-0.2, 0) is 10.0 Å². The van der Waals surface area contributed by atoms with Gasteiger partial charge in [0.2, 0.25) is 10.0 Å². The number of nitrogens with zero attached hydrogens (tertiary/aromatic N) is 1. The molecule has 5 heteroatoms. The summed E-state index contributed by atoms with van der Waals surface area (Å²) in [6.07, 6.45) is 3.24. The van der Waals surface area contributed by atoms with Crippen molar-refractivity contribution in [2.75, 3.05) is 25.9 Å². The summed E-state index contributed by atoms with van der Waals surface area (Å²) in [6.45, 7) is 6.62. The number of rotatable bonds is 4. The van der Waals surface area contributed by atoms with Crippen LogP contribution < -0.4 is 5.32 Å². The molecule has 0 aromatic carbocycles. The van der Waals surface area contributed by atoms with Gasteiger partial charge in [-0.3, -0.25) is 0 Å². The lowest BCUT2D eigenvalue weighted by molar-refractivity contribution is 0.233. The summed E-state index contributed by atoms with van der Waals surface area (Å²) in [5.74, 6) is 0.614. The maximum absolute atomic E-state index is 11.3. The Bertz CT molecular complexity index is 282. The summed E-state index contributed by atoms with van der Waals surface area (Å²) in [6, 6.07) is 0.497. The minimum absolute atomic E-state index is 0.497. The third-order valence-electron chi connectivity index (χ3n) is 3.20. The maximum Gasteiger partial charge on any atom is 0.211 e. The fourth-order valence-electron chi connectivity index (χ4n) is 2.20. The molecule has 1 aliphatic rings. The van der Waals surface area contributed by atoms with E-state index >= 15 is 0 Å². The normalized spacial score (nSPS) is 22.9. The van der Waals surface area contributed by atoms with Crippen molar-refractivity contribution in [3.63, 3.8) is 0 Å². The maximum atomic E-state index is 11.3. The molecule has 1 saturated heterocycles. The largest absolute Gasteiger partial charge is 0.314 e. The smallest absolute Gasteiger partial charge is 0.211 e.